The topological polar surface area (TPSA) is 0 Å². The fourth-order valence-corrected chi connectivity index (χ4v) is 7.58. The monoisotopic (exact) mass is 344 g/mol. The van der Waals surface area contributed by atoms with Gasteiger partial charge in [0.05, 0.1) is 0 Å². The Hall–Kier alpha value is -0.300. The molecule has 0 nitrogen and oxygen atoms in total. The van der Waals surface area contributed by atoms with Crippen molar-refractivity contribution in [2.75, 3.05) is 0 Å². The van der Waals surface area contributed by atoms with Gasteiger partial charge in [-0.05, 0) is 97.6 Å². The number of fused-ring (bicyclic) bond motifs is 1. The summed E-state index contributed by atoms with van der Waals surface area (Å²) >= 11 is 4.15. The van der Waals surface area contributed by atoms with Gasteiger partial charge in [0.1, 0.15) is 0 Å². The molecule has 1 aromatic rings. The molecular weight excluding hydrogens is 320 g/mol. The Bertz CT molecular complexity index is 533. The van der Waals surface area contributed by atoms with Crippen LogP contribution in [0.25, 0.3) is 0 Å². The van der Waals surface area contributed by atoms with Crippen LogP contribution in [0.3, 0.4) is 0 Å². The van der Waals surface area contributed by atoms with Crippen molar-refractivity contribution in [3.05, 3.63) is 34.9 Å². The van der Waals surface area contributed by atoms with Gasteiger partial charge in [-0.15, -0.1) is 0 Å². The summed E-state index contributed by atoms with van der Waals surface area (Å²) < 4.78 is 0. The van der Waals surface area contributed by atoms with Crippen molar-refractivity contribution >= 4 is 15.9 Å². The second kappa shape index (κ2) is 4.85. The van der Waals surface area contributed by atoms with Crippen LogP contribution in [-0.2, 0) is 12.8 Å². The van der Waals surface area contributed by atoms with E-state index in [1.165, 1.54) is 44.9 Å². The van der Waals surface area contributed by atoms with E-state index in [1.807, 2.05) is 0 Å². The summed E-state index contributed by atoms with van der Waals surface area (Å²) in [7, 11) is 0. The molecule has 1 atom stereocenters. The van der Waals surface area contributed by atoms with E-state index in [-0.39, 0.29) is 0 Å². The van der Waals surface area contributed by atoms with Crippen LogP contribution in [0.5, 0.6) is 0 Å². The molecule has 21 heavy (non-hydrogen) atoms. The molecule has 4 fully saturated rings. The highest BCUT2D eigenvalue weighted by Crippen LogP contribution is 2.60. The zero-order valence-corrected chi connectivity index (χ0v) is 14.3. The number of halogens is 1. The van der Waals surface area contributed by atoms with Crippen molar-refractivity contribution in [2.24, 2.45) is 29.6 Å². The molecule has 112 valence electrons. The van der Waals surface area contributed by atoms with E-state index in [1.54, 1.807) is 23.1 Å². The van der Waals surface area contributed by atoms with Crippen LogP contribution < -0.4 is 0 Å². The van der Waals surface area contributed by atoms with Gasteiger partial charge in [-0.3, -0.25) is 0 Å². The number of rotatable bonds is 2. The van der Waals surface area contributed by atoms with Gasteiger partial charge in [0, 0.05) is 4.83 Å². The van der Waals surface area contributed by atoms with E-state index in [2.05, 4.69) is 34.1 Å². The maximum Gasteiger partial charge on any atom is 0.0428 e. The average molecular weight is 345 g/mol. The molecule has 5 aliphatic rings. The van der Waals surface area contributed by atoms with Crippen LogP contribution in [0.15, 0.2) is 18.2 Å². The highest BCUT2D eigenvalue weighted by atomic mass is 79.9. The first-order chi connectivity index (χ1) is 10.3. The second-order valence-electron chi connectivity index (χ2n) is 8.29. The predicted octanol–water partition coefficient (Wildman–Crippen LogP) is 5.68. The highest BCUT2D eigenvalue weighted by Gasteiger charge is 2.50. The lowest BCUT2D eigenvalue weighted by molar-refractivity contribution is -0.0364. The van der Waals surface area contributed by atoms with Crippen molar-refractivity contribution in [3.8, 4) is 0 Å². The van der Waals surface area contributed by atoms with Crippen LogP contribution in [0, 0.1) is 29.6 Å². The van der Waals surface area contributed by atoms with E-state index in [4.69, 9.17) is 0 Å². The van der Waals surface area contributed by atoms with Crippen molar-refractivity contribution in [1.29, 1.82) is 0 Å². The molecule has 0 saturated heterocycles. The second-order valence-corrected chi connectivity index (χ2v) is 9.28. The standard InChI is InChI=1S/C20H25Br/c21-20(16-5-4-14-2-1-3-15(14)11-16)19-17-7-12-6-13(9-17)10-18(19)8-12/h4-5,11-13,17-20H,1-3,6-10H2. The van der Waals surface area contributed by atoms with Gasteiger partial charge in [0.15, 0.2) is 0 Å². The van der Waals surface area contributed by atoms with Gasteiger partial charge >= 0.3 is 0 Å². The molecule has 0 heterocycles. The summed E-state index contributed by atoms with van der Waals surface area (Å²) in [5.74, 6) is 5.11. The van der Waals surface area contributed by atoms with E-state index in [0.717, 1.165) is 29.6 Å². The third kappa shape index (κ3) is 2.06. The maximum atomic E-state index is 4.15. The van der Waals surface area contributed by atoms with Crippen LogP contribution >= 0.6 is 15.9 Å². The Kier molecular flexibility index (Phi) is 3.04. The van der Waals surface area contributed by atoms with Gasteiger partial charge < -0.3 is 0 Å². The third-order valence-corrected chi connectivity index (χ3v) is 8.22. The summed E-state index contributed by atoms with van der Waals surface area (Å²) in [5.41, 5.74) is 4.83. The lowest BCUT2D eigenvalue weighted by atomic mass is 9.51. The quantitative estimate of drug-likeness (QED) is 0.605. The summed E-state index contributed by atoms with van der Waals surface area (Å²) in [6, 6.07) is 7.38. The van der Waals surface area contributed by atoms with E-state index >= 15 is 0 Å². The fraction of sp³-hybridized carbons (Fsp3) is 0.700. The minimum absolute atomic E-state index is 0.610. The molecule has 6 rings (SSSR count). The number of aryl methyl sites for hydroxylation is 2. The molecule has 1 heteroatoms. The lowest BCUT2D eigenvalue weighted by Crippen LogP contribution is -2.46. The Morgan fingerprint density at radius 2 is 1.52 bits per heavy atom. The van der Waals surface area contributed by atoms with Crippen LogP contribution in [0.1, 0.15) is 60.0 Å². The summed E-state index contributed by atoms with van der Waals surface area (Å²) in [4.78, 5) is 0.610. The van der Waals surface area contributed by atoms with Gasteiger partial charge in [-0.2, -0.15) is 0 Å². The smallest absolute Gasteiger partial charge is 0.0428 e. The zero-order chi connectivity index (χ0) is 14.0. The van der Waals surface area contributed by atoms with Gasteiger partial charge in [0.2, 0.25) is 0 Å². The van der Waals surface area contributed by atoms with E-state index in [0.29, 0.717) is 4.83 Å². The number of hydrogen-bond donors (Lipinski definition) is 0. The largest absolute Gasteiger partial charge is 0.0836 e. The number of hydrogen-bond acceptors (Lipinski definition) is 0. The SMILES string of the molecule is BrC(c1ccc2c(c1)CCC2)C1C2CC3CC(C2)CC1C3. The lowest BCUT2D eigenvalue weighted by Gasteiger charge is -2.55. The first-order valence-electron chi connectivity index (χ1n) is 9.03. The molecule has 4 bridgehead atoms. The summed E-state index contributed by atoms with van der Waals surface area (Å²) in [6.07, 6.45) is 11.7. The fourth-order valence-electron chi connectivity index (χ4n) is 6.43. The summed E-state index contributed by atoms with van der Waals surface area (Å²) in [5, 5.41) is 0. The van der Waals surface area contributed by atoms with Crippen molar-refractivity contribution in [1.82, 2.24) is 0 Å². The van der Waals surface area contributed by atoms with Crippen LogP contribution in [-0.4, -0.2) is 0 Å². The van der Waals surface area contributed by atoms with E-state index < -0.39 is 0 Å². The van der Waals surface area contributed by atoms with E-state index in [9.17, 15) is 0 Å². The maximum absolute atomic E-state index is 4.15. The zero-order valence-electron chi connectivity index (χ0n) is 12.7. The first kappa shape index (κ1) is 13.2. The Labute approximate surface area is 136 Å². The minimum atomic E-state index is 0.610. The van der Waals surface area contributed by atoms with Gasteiger partial charge in [0.25, 0.3) is 0 Å². The molecule has 0 radical (unpaired) electrons. The molecule has 0 aromatic heterocycles. The molecule has 5 aliphatic carbocycles. The number of benzene rings is 1. The molecule has 1 unspecified atom stereocenters. The van der Waals surface area contributed by atoms with Gasteiger partial charge in [-0.1, -0.05) is 34.1 Å². The molecule has 0 aliphatic heterocycles. The highest BCUT2D eigenvalue weighted by molar-refractivity contribution is 9.09. The normalized spacial score (nSPS) is 41.3. The molecular formula is C20H25Br. The summed E-state index contributed by atoms with van der Waals surface area (Å²) in [6.45, 7) is 0. The van der Waals surface area contributed by atoms with Crippen molar-refractivity contribution in [3.63, 3.8) is 0 Å². The number of alkyl halides is 1. The Morgan fingerprint density at radius 1 is 0.857 bits per heavy atom. The van der Waals surface area contributed by atoms with Gasteiger partial charge in [-0.25, -0.2) is 0 Å². The average Bonchev–Trinajstić information content (AvgIpc) is 2.93. The third-order valence-electron chi connectivity index (χ3n) is 7.08. The van der Waals surface area contributed by atoms with Crippen molar-refractivity contribution < 1.29 is 0 Å². The van der Waals surface area contributed by atoms with Crippen LogP contribution in [0.2, 0.25) is 0 Å². The van der Waals surface area contributed by atoms with Crippen LogP contribution in [0.4, 0.5) is 0 Å². The first-order valence-corrected chi connectivity index (χ1v) is 9.95. The predicted molar refractivity (Wildman–Crippen MR) is 90.7 cm³/mol. The Morgan fingerprint density at radius 3 is 2.24 bits per heavy atom. The molecule has 1 aromatic carbocycles. The molecule has 0 N–H and O–H groups in total. The molecule has 0 amide bonds. The molecule has 0 spiro atoms. The minimum Gasteiger partial charge on any atom is -0.0836 e. The Balaban J connectivity index is 1.44. The van der Waals surface area contributed by atoms with Crippen molar-refractivity contribution in [2.45, 2.75) is 56.2 Å². The molecule has 4 saturated carbocycles.